The number of amides is 2. The van der Waals surface area contributed by atoms with Gasteiger partial charge in [0, 0.05) is 31.2 Å². The third-order valence-electron chi connectivity index (χ3n) is 6.22. The smallest absolute Gasteiger partial charge is 0.276 e. The van der Waals surface area contributed by atoms with Gasteiger partial charge in [0.15, 0.2) is 5.69 Å². The van der Waals surface area contributed by atoms with Crippen LogP contribution in [-0.2, 0) is 17.9 Å². The summed E-state index contributed by atoms with van der Waals surface area (Å²) < 4.78 is 13.1. The lowest BCUT2D eigenvalue weighted by atomic mass is 10.1. The zero-order chi connectivity index (χ0) is 23.7. The number of carbonyl (C=O) groups is 2. The van der Waals surface area contributed by atoms with Crippen LogP contribution in [0.3, 0.4) is 0 Å². The number of nitrogens with zero attached hydrogens (tertiary/aromatic N) is 5. The topological polar surface area (TPSA) is 89.8 Å². The second-order valence-electron chi connectivity index (χ2n) is 8.21. The van der Waals surface area contributed by atoms with Gasteiger partial charge in [-0.1, -0.05) is 47.1 Å². The Morgan fingerprint density at radius 2 is 1.74 bits per heavy atom. The Kier molecular flexibility index (Phi) is 6.21. The molecule has 2 aliphatic heterocycles. The van der Waals surface area contributed by atoms with Gasteiger partial charge < -0.3 is 19.3 Å². The summed E-state index contributed by atoms with van der Waals surface area (Å²) in [5.41, 5.74) is 2.51. The highest BCUT2D eigenvalue weighted by atomic mass is 35.5. The third kappa shape index (κ3) is 4.24. The van der Waals surface area contributed by atoms with E-state index >= 15 is 0 Å². The second-order valence-corrected chi connectivity index (χ2v) is 8.64. The number of rotatable bonds is 4. The van der Waals surface area contributed by atoms with Crippen LogP contribution in [0.15, 0.2) is 48.5 Å². The Morgan fingerprint density at radius 3 is 2.44 bits per heavy atom. The zero-order valence-corrected chi connectivity index (χ0v) is 19.4. The van der Waals surface area contributed by atoms with E-state index in [9.17, 15) is 9.59 Å². The third-order valence-corrected chi connectivity index (χ3v) is 6.45. The number of ether oxygens (including phenoxy) is 2. The van der Waals surface area contributed by atoms with Crippen molar-refractivity contribution < 1.29 is 19.1 Å². The Balaban J connectivity index is 1.23. The normalized spacial score (nSPS) is 17.9. The molecule has 2 aliphatic rings. The maximum Gasteiger partial charge on any atom is 0.276 e. The van der Waals surface area contributed by atoms with Crippen LogP contribution in [-0.4, -0.2) is 69.9 Å². The first-order chi connectivity index (χ1) is 16.5. The van der Waals surface area contributed by atoms with E-state index in [1.165, 1.54) is 7.11 Å². The molecular weight excluding hydrogens is 458 g/mol. The Bertz CT molecular complexity index is 1210. The van der Waals surface area contributed by atoms with Gasteiger partial charge in [0.25, 0.3) is 11.8 Å². The van der Waals surface area contributed by atoms with Crippen LogP contribution in [0.5, 0.6) is 5.75 Å². The van der Waals surface area contributed by atoms with Crippen LogP contribution < -0.4 is 4.74 Å². The number of halogens is 1. The van der Waals surface area contributed by atoms with E-state index in [-0.39, 0.29) is 24.5 Å². The molecule has 0 spiro atoms. The maximum atomic E-state index is 13.2. The molecule has 1 atom stereocenters. The monoisotopic (exact) mass is 481 g/mol. The lowest BCUT2D eigenvalue weighted by Crippen LogP contribution is -2.50. The Labute approximate surface area is 201 Å². The van der Waals surface area contributed by atoms with E-state index in [4.69, 9.17) is 21.1 Å². The van der Waals surface area contributed by atoms with Crippen molar-refractivity contribution in [1.29, 1.82) is 0 Å². The summed E-state index contributed by atoms with van der Waals surface area (Å²) in [6.07, 6.45) is -0.127. The van der Waals surface area contributed by atoms with Gasteiger partial charge >= 0.3 is 0 Å². The molecular formula is C24H24ClN5O4. The lowest BCUT2D eigenvalue weighted by Gasteiger charge is -2.35. The number of fused-ring (bicyclic) bond motifs is 1. The molecule has 0 unspecified atom stereocenters. The number of benzene rings is 2. The fourth-order valence-corrected chi connectivity index (χ4v) is 4.48. The summed E-state index contributed by atoms with van der Waals surface area (Å²) >= 11 is 6.01. The van der Waals surface area contributed by atoms with Crippen LogP contribution in [0, 0.1) is 0 Å². The van der Waals surface area contributed by atoms with Crippen molar-refractivity contribution in [3.05, 3.63) is 76.1 Å². The summed E-state index contributed by atoms with van der Waals surface area (Å²) in [5.74, 6) is 0.0849. The molecule has 176 valence electrons. The van der Waals surface area contributed by atoms with Gasteiger partial charge in [0.2, 0.25) is 0 Å². The summed E-state index contributed by atoms with van der Waals surface area (Å²) in [5, 5.41) is 8.87. The molecule has 0 N–H and O–H groups in total. The van der Waals surface area contributed by atoms with E-state index in [0.717, 1.165) is 5.56 Å². The predicted octanol–water partition coefficient (Wildman–Crippen LogP) is 2.81. The van der Waals surface area contributed by atoms with Gasteiger partial charge in [-0.25, -0.2) is 4.68 Å². The highest BCUT2D eigenvalue weighted by Gasteiger charge is 2.32. The van der Waals surface area contributed by atoms with Gasteiger partial charge in [-0.2, -0.15) is 0 Å². The molecule has 1 saturated heterocycles. The molecule has 0 saturated carbocycles. The van der Waals surface area contributed by atoms with Gasteiger partial charge in [-0.15, -0.1) is 5.10 Å². The predicted molar refractivity (Wildman–Crippen MR) is 124 cm³/mol. The van der Waals surface area contributed by atoms with Crippen molar-refractivity contribution in [3.8, 4) is 5.75 Å². The van der Waals surface area contributed by atoms with Crippen molar-refractivity contribution in [1.82, 2.24) is 24.8 Å². The van der Waals surface area contributed by atoms with Gasteiger partial charge in [-0.05, 0) is 23.8 Å². The first-order valence-corrected chi connectivity index (χ1v) is 11.4. The number of piperazine rings is 1. The number of carbonyl (C=O) groups excluding carboxylic acids is 2. The molecule has 1 aromatic heterocycles. The van der Waals surface area contributed by atoms with Crippen LogP contribution in [0.1, 0.15) is 38.2 Å². The van der Waals surface area contributed by atoms with E-state index < -0.39 is 0 Å². The van der Waals surface area contributed by atoms with Gasteiger partial charge in [0.05, 0.1) is 31.5 Å². The molecule has 0 bridgehead atoms. The highest BCUT2D eigenvalue weighted by molar-refractivity contribution is 6.30. The molecule has 9 nitrogen and oxygen atoms in total. The number of methoxy groups -OCH3 is 1. The Hall–Kier alpha value is -3.43. The molecule has 2 amide bonds. The van der Waals surface area contributed by atoms with Crippen molar-refractivity contribution in [2.24, 2.45) is 0 Å². The van der Waals surface area contributed by atoms with Crippen molar-refractivity contribution in [2.45, 2.75) is 19.3 Å². The second kappa shape index (κ2) is 9.44. The first kappa shape index (κ1) is 22.4. The van der Waals surface area contributed by atoms with Crippen LogP contribution in [0.2, 0.25) is 5.02 Å². The molecule has 10 heteroatoms. The molecule has 3 heterocycles. The molecule has 3 aromatic rings. The minimum Gasteiger partial charge on any atom is -0.496 e. The van der Waals surface area contributed by atoms with E-state index in [1.807, 2.05) is 30.3 Å². The average Bonchev–Trinajstić information content (AvgIpc) is 3.31. The van der Waals surface area contributed by atoms with Crippen LogP contribution in [0.4, 0.5) is 0 Å². The highest BCUT2D eigenvalue weighted by Crippen LogP contribution is 2.28. The van der Waals surface area contributed by atoms with E-state index in [2.05, 4.69) is 10.3 Å². The fourth-order valence-electron chi connectivity index (χ4n) is 4.32. The van der Waals surface area contributed by atoms with Crippen LogP contribution >= 0.6 is 11.6 Å². The van der Waals surface area contributed by atoms with Crippen LogP contribution in [0.25, 0.3) is 0 Å². The minimum atomic E-state index is -0.195. The average molecular weight is 482 g/mol. The quantitative estimate of drug-likeness (QED) is 0.569. The molecule has 5 rings (SSSR count). The van der Waals surface area contributed by atoms with Gasteiger partial charge in [0.1, 0.15) is 11.9 Å². The number of hydrogen-bond acceptors (Lipinski definition) is 6. The summed E-state index contributed by atoms with van der Waals surface area (Å²) in [6, 6.07) is 14.9. The molecule has 1 fully saturated rings. The first-order valence-electron chi connectivity index (χ1n) is 11.1. The minimum absolute atomic E-state index is 0.127. The number of hydrogen-bond donors (Lipinski definition) is 0. The fraction of sp³-hybridized carbons (Fsp3) is 0.333. The van der Waals surface area contributed by atoms with Crippen molar-refractivity contribution in [2.75, 3.05) is 33.3 Å². The molecule has 0 radical (unpaired) electrons. The SMILES string of the molecule is COc1cc(Cl)ccc1C(=O)N1CCN(C(=O)c2nnn3c2CO[C@@H](c2ccccc2)C3)CC1. The largest absolute Gasteiger partial charge is 0.496 e. The molecule has 0 aliphatic carbocycles. The summed E-state index contributed by atoms with van der Waals surface area (Å²) in [6.45, 7) is 2.40. The number of aromatic nitrogens is 3. The lowest BCUT2D eigenvalue weighted by molar-refractivity contribution is -0.00202. The van der Waals surface area contributed by atoms with E-state index in [0.29, 0.717) is 60.4 Å². The summed E-state index contributed by atoms with van der Waals surface area (Å²) in [7, 11) is 1.50. The summed E-state index contributed by atoms with van der Waals surface area (Å²) in [4.78, 5) is 29.6. The van der Waals surface area contributed by atoms with E-state index in [1.54, 1.807) is 32.7 Å². The maximum absolute atomic E-state index is 13.2. The standard InChI is InChI=1S/C24H24ClN5O4/c1-33-20-13-17(25)7-8-18(20)23(31)28-9-11-29(12-10-28)24(32)22-19-15-34-21(14-30(19)27-26-22)16-5-3-2-4-6-16/h2-8,13,21H,9-12,14-15H2,1H3/t21-/m1/s1. The Morgan fingerprint density at radius 1 is 1.03 bits per heavy atom. The van der Waals surface area contributed by atoms with Gasteiger partial charge in [-0.3, -0.25) is 9.59 Å². The molecule has 2 aromatic carbocycles. The van der Waals surface area contributed by atoms with Crippen molar-refractivity contribution >= 4 is 23.4 Å². The molecule has 34 heavy (non-hydrogen) atoms. The zero-order valence-electron chi connectivity index (χ0n) is 18.7. The van der Waals surface area contributed by atoms with Crippen molar-refractivity contribution in [3.63, 3.8) is 0 Å².